The summed E-state index contributed by atoms with van der Waals surface area (Å²) in [6.45, 7) is 3.77. The molecule has 9 heteroatoms. The number of allylic oxidation sites excluding steroid dienone is 12. The van der Waals surface area contributed by atoms with E-state index in [2.05, 4.69) is 92.1 Å². The zero-order valence-electron chi connectivity index (χ0n) is 54.2. The van der Waals surface area contributed by atoms with E-state index >= 15 is 0 Å². The van der Waals surface area contributed by atoms with Gasteiger partial charge in [-0.05, 0) is 64.2 Å². The second-order valence-electron chi connectivity index (χ2n) is 24.7. The number of nitrogens with one attached hydrogen (secondary N) is 1. The quantitative estimate of drug-likeness (QED) is 0.0261. The number of aliphatic hydroxyl groups is 5. The molecule has 484 valence electrons. The molecule has 6 N–H and O–H groups in total. The summed E-state index contributed by atoms with van der Waals surface area (Å²) < 4.78 is 11.4. The monoisotopic (exact) mass is 1170 g/mol. The maximum atomic E-state index is 13.2. The SMILES string of the molecule is CC/C=C\C/C=C\C/C=C\C/C=C\C/C=C\C/C=C\CCCCCCCCCCCCCCCCCCCCC(=O)NC(COC1OC(CO)C(O)C(O)C1O)C(O)CCCCCCCCCCCCCCCCCCCCCCCCC. The van der Waals surface area contributed by atoms with Crippen molar-refractivity contribution in [3.63, 3.8) is 0 Å². The van der Waals surface area contributed by atoms with Gasteiger partial charge in [0.25, 0.3) is 0 Å². The summed E-state index contributed by atoms with van der Waals surface area (Å²) in [4.78, 5) is 13.2. The van der Waals surface area contributed by atoms with Gasteiger partial charge in [-0.2, -0.15) is 0 Å². The molecule has 0 aromatic carbocycles. The van der Waals surface area contributed by atoms with E-state index in [0.717, 1.165) is 77.0 Å². The summed E-state index contributed by atoms with van der Waals surface area (Å²) in [5, 5.41) is 55.0. The van der Waals surface area contributed by atoms with Gasteiger partial charge in [0.15, 0.2) is 6.29 Å². The molecular weight excluding hydrogens is 1030 g/mol. The number of carbonyl (C=O) groups excluding carboxylic acids is 1. The van der Waals surface area contributed by atoms with Gasteiger partial charge in [0, 0.05) is 6.42 Å². The van der Waals surface area contributed by atoms with Gasteiger partial charge in [0.05, 0.1) is 25.4 Å². The van der Waals surface area contributed by atoms with Crippen molar-refractivity contribution < 1.29 is 39.8 Å². The van der Waals surface area contributed by atoms with Crippen LogP contribution in [0.1, 0.15) is 335 Å². The van der Waals surface area contributed by atoms with Gasteiger partial charge in [0.2, 0.25) is 5.91 Å². The van der Waals surface area contributed by atoms with Crippen LogP contribution in [0.5, 0.6) is 0 Å². The van der Waals surface area contributed by atoms with Crippen molar-refractivity contribution in [2.45, 2.75) is 378 Å². The number of amides is 1. The molecule has 1 amide bonds. The molecule has 9 nitrogen and oxygen atoms in total. The van der Waals surface area contributed by atoms with Crippen molar-refractivity contribution in [1.82, 2.24) is 5.32 Å². The molecule has 7 unspecified atom stereocenters. The van der Waals surface area contributed by atoms with Crippen LogP contribution in [0.2, 0.25) is 0 Å². The Morgan fingerprint density at radius 3 is 1.11 bits per heavy atom. The normalized spacial score (nSPS) is 18.7. The predicted octanol–water partition coefficient (Wildman–Crippen LogP) is 19.5. The first-order chi connectivity index (χ1) is 40.8. The lowest BCUT2D eigenvalue weighted by Crippen LogP contribution is -2.60. The molecule has 1 heterocycles. The van der Waals surface area contributed by atoms with E-state index in [-0.39, 0.29) is 12.5 Å². The largest absolute Gasteiger partial charge is 0.394 e. The maximum absolute atomic E-state index is 13.2. The van der Waals surface area contributed by atoms with E-state index in [9.17, 15) is 30.3 Å². The Kier molecular flexibility index (Phi) is 59.4. The molecule has 1 aliphatic rings. The fourth-order valence-corrected chi connectivity index (χ4v) is 11.3. The minimum atomic E-state index is -1.56. The first-order valence-corrected chi connectivity index (χ1v) is 35.6. The van der Waals surface area contributed by atoms with Crippen LogP contribution in [0.4, 0.5) is 0 Å². The van der Waals surface area contributed by atoms with Crippen molar-refractivity contribution in [2.75, 3.05) is 13.2 Å². The van der Waals surface area contributed by atoms with Gasteiger partial charge in [-0.15, -0.1) is 0 Å². The van der Waals surface area contributed by atoms with Crippen molar-refractivity contribution >= 4 is 5.91 Å². The average Bonchev–Trinajstić information content (AvgIpc) is 3.60. The smallest absolute Gasteiger partial charge is 0.220 e. The fourth-order valence-electron chi connectivity index (χ4n) is 11.3. The van der Waals surface area contributed by atoms with E-state index in [4.69, 9.17) is 9.47 Å². The lowest BCUT2D eigenvalue weighted by molar-refractivity contribution is -0.302. The van der Waals surface area contributed by atoms with Crippen LogP contribution in [-0.2, 0) is 14.3 Å². The highest BCUT2D eigenvalue weighted by Crippen LogP contribution is 2.24. The molecule has 0 spiro atoms. The molecule has 0 radical (unpaired) electrons. The number of hydrogen-bond donors (Lipinski definition) is 6. The van der Waals surface area contributed by atoms with Crippen LogP contribution in [-0.4, -0.2) is 87.5 Å². The van der Waals surface area contributed by atoms with Crippen molar-refractivity contribution in [1.29, 1.82) is 0 Å². The van der Waals surface area contributed by atoms with Crippen molar-refractivity contribution in [2.24, 2.45) is 0 Å². The minimum absolute atomic E-state index is 0.136. The molecule has 83 heavy (non-hydrogen) atoms. The topological polar surface area (TPSA) is 149 Å². The van der Waals surface area contributed by atoms with Gasteiger partial charge >= 0.3 is 0 Å². The maximum Gasteiger partial charge on any atom is 0.220 e. The van der Waals surface area contributed by atoms with E-state index in [0.29, 0.717) is 12.8 Å². The van der Waals surface area contributed by atoms with E-state index in [1.165, 1.54) is 231 Å². The van der Waals surface area contributed by atoms with Crippen LogP contribution in [0.3, 0.4) is 0 Å². The second kappa shape index (κ2) is 62.7. The standard InChI is InChI=1S/C74H135NO8/c1-3-5-7-9-11-13-15-17-19-21-23-25-27-28-29-30-31-32-33-34-35-36-37-38-39-40-42-44-46-48-50-52-54-56-58-60-62-64-70(78)75-67(66-82-74-73(81)72(80)71(79)69(65-76)83-74)68(77)63-61-59-57-55-53-51-49-47-45-43-41-26-24-22-20-18-16-14-12-10-8-6-4-2/h5,7,11,13,17,19,23,25,28-29,31-32,67-69,71-74,76-77,79-81H,3-4,6,8-10,12,14-16,18,20-22,24,26-27,30,33-66H2,1-2H3,(H,75,78)/b7-5-,13-11-,19-17-,25-23-,29-28-,32-31-. The third kappa shape index (κ3) is 51.4. The van der Waals surface area contributed by atoms with Crippen LogP contribution in [0.15, 0.2) is 72.9 Å². The van der Waals surface area contributed by atoms with Gasteiger partial charge in [-0.3, -0.25) is 4.79 Å². The van der Waals surface area contributed by atoms with Gasteiger partial charge in [-0.1, -0.05) is 337 Å². The van der Waals surface area contributed by atoms with Crippen LogP contribution in [0, 0.1) is 0 Å². The Labute approximate surface area is 512 Å². The highest BCUT2D eigenvalue weighted by molar-refractivity contribution is 5.76. The van der Waals surface area contributed by atoms with Gasteiger partial charge in [0.1, 0.15) is 24.4 Å². The molecule has 0 aliphatic carbocycles. The molecule has 0 saturated carbocycles. The lowest BCUT2D eigenvalue weighted by atomic mass is 9.99. The molecule has 0 aromatic rings. The fraction of sp³-hybridized carbons (Fsp3) is 0.824. The molecule has 1 rings (SSSR count). The van der Waals surface area contributed by atoms with Gasteiger partial charge in [-0.25, -0.2) is 0 Å². The zero-order chi connectivity index (χ0) is 60.0. The molecular formula is C74H135NO8. The summed E-state index contributed by atoms with van der Waals surface area (Å²) >= 11 is 0. The summed E-state index contributed by atoms with van der Waals surface area (Å²) in [5.74, 6) is -0.140. The highest BCUT2D eigenvalue weighted by atomic mass is 16.7. The molecule has 1 aliphatic heterocycles. The van der Waals surface area contributed by atoms with Crippen molar-refractivity contribution in [3.05, 3.63) is 72.9 Å². The Hall–Kier alpha value is -2.37. The lowest BCUT2D eigenvalue weighted by Gasteiger charge is -2.40. The van der Waals surface area contributed by atoms with Crippen LogP contribution in [0.25, 0.3) is 0 Å². The Morgan fingerprint density at radius 1 is 0.422 bits per heavy atom. The number of ether oxygens (including phenoxy) is 2. The number of unbranched alkanes of at least 4 members (excludes halogenated alkanes) is 40. The third-order valence-electron chi connectivity index (χ3n) is 16.8. The zero-order valence-corrected chi connectivity index (χ0v) is 54.2. The third-order valence-corrected chi connectivity index (χ3v) is 16.8. The number of hydrogen-bond acceptors (Lipinski definition) is 8. The molecule has 0 bridgehead atoms. The first kappa shape index (κ1) is 78.6. The minimum Gasteiger partial charge on any atom is -0.394 e. The van der Waals surface area contributed by atoms with Gasteiger partial charge < -0.3 is 40.3 Å². The van der Waals surface area contributed by atoms with Crippen molar-refractivity contribution in [3.8, 4) is 0 Å². The summed E-state index contributed by atoms with van der Waals surface area (Å²) in [7, 11) is 0. The molecule has 7 atom stereocenters. The number of carbonyl (C=O) groups is 1. The Balaban J connectivity index is 2.09. The summed E-state index contributed by atoms with van der Waals surface area (Å²) in [6.07, 6.45) is 81.1. The molecule has 1 fully saturated rings. The van der Waals surface area contributed by atoms with E-state index in [1.807, 2.05) is 0 Å². The highest BCUT2D eigenvalue weighted by Gasteiger charge is 2.44. The first-order valence-electron chi connectivity index (χ1n) is 35.6. The summed E-state index contributed by atoms with van der Waals surface area (Å²) in [6, 6.07) is -0.722. The Bertz CT molecular complexity index is 1540. The molecule has 0 aromatic heterocycles. The van der Waals surface area contributed by atoms with E-state index < -0.39 is 49.5 Å². The summed E-state index contributed by atoms with van der Waals surface area (Å²) in [5.41, 5.74) is 0. The second-order valence-corrected chi connectivity index (χ2v) is 24.7. The predicted molar refractivity (Wildman–Crippen MR) is 355 cm³/mol. The van der Waals surface area contributed by atoms with E-state index in [1.54, 1.807) is 0 Å². The number of aliphatic hydroxyl groups excluding tert-OH is 5. The average molecular weight is 1170 g/mol. The number of rotatable bonds is 62. The van der Waals surface area contributed by atoms with Crippen LogP contribution >= 0.6 is 0 Å². The van der Waals surface area contributed by atoms with Crippen LogP contribution < -0.4 is 5.32 Å². The molecule has 1 saturated heterocycles. The Morgan fingerprint density at radius 2 is 0.747 bits per heavy atom.